The predicted molar refractivity (Wildman–Crippen MR) is 120 cm³/mol. The van der Waals surface area contributed by atoms with Gasteiger partial charge in [0, 0.05) is 7.14 Å². The van der Waals surface area contributed by atoms with Gasteiger partial charge < -0.3 is 15.2 Å². The van der Waals surface area contributed by atoms with Crippen LogP contribution < -0.4 is 15.4 Å². The van der Waals surface area contributed by atoms with Crippen molar-refractivity contribution in [3.8, 4) is 5.75 Å². The molecule has 0 saturated carbocycles. The lowest BCUT2D eigenvalue weighted by Gasteiger charge is -2.14. The molecule has 0 radical (unpaired) electrons. The molecule has 0 aliphatic carbocycles. The van der Waals surface area contributed by atoms with E-state index in [0.717, 1.165) is 9.13 Å². The van der Waals surface area contributed by atoms with Crippen molar-refractivity contribution in [1.82, 2.24) is 5.32 Å². The molecule has 2 aromatic rings. The van der Waals surface area contributed by atoms with Gasteiger partial charge in [-0.3, -0.25) is 10.1 Å². The number of thiocarbonyl (C=S) groups is 1. The van der Waals surface area contributed by atoms with Gasteiger partial charge in [-0.1, -0.05) is 17.7 Å². The molecule has 6 nitrogen and oxygen atoms in total. The fraction of sp³-hybridized carbons (Fsp3) is 0.118. The van der Waals surface area contributed by atoms with E-state index in [4.69, 9.17) is 17.0 Å². The Morgan fingerprint density at radius 2 is 1.85 bits per heavy atom. The van der Waals surface area contributed by atoms with E-state index >= 15 is 0 Å². The van der Waals surface area contributed by atoms with Gasteiger partial charge >= 0.3 is 5.97 Å². The van der Waals surface area contributed by atoms with E-state index in [1.165, 1.54) is 6.07 Å². The molecule has 0 bridgehead atoms. The third kappa shape index (κ3) is 6.06. The first-order chi connectivity index (χ1) is 12.3. The van der Waals surface area contributed by atoms with E-state index in [9.17, 15) is 14.7 Å². The molecule has 1 amide bonds. The number of benzene rings is 2. The van der Waals surface area contributed by atoms with Gasteiger partial charge in [0.15, 0.2) is 11.7 Å². The lowest BCUT2D eigenvalue weighted by atomic mass is 10.2. The first kappa shape index (κ1) is 20.8. The van der Waals surface area contributed by atoms with E-state index in [2.05, 4.69) is 10.6 Å². The summed E-state index contributed by atoms with van der Waals surface area (Å²) in [6, 6.07) is 10.6. The number of ether oxygens (including phenoxy) is 1. The Labute approximate surface area is 183 Å². The van der Waals surface area contributed by atoms with Crippen molar-refractivity contribution < 1.29 is 19.4 Å². The summed E-state index contributed by atoms with van der Waals surface area (Å²) in [7, 11) is 0. The molecule has 0 saturated heterocycles. The van der Waals surface area contributed by atoms with Crippen LogP contribution in [0.15, 0.2) is 36.4 Å². The van der Waals surface area contributed by atoms with Crippen LogP contribution in [0.3, 0.4) is 0 Å². The number of carboxylic acid groups (broad SMARTS) is 1. The van der Waals surface area contributed by atoms with E-state index in [0.29, 0.717) is 15.0 Å². The Morgan fingerprint density at radius 3 is 2.46 bits per heavy atom. The molecule has 3 N–H and O–H groups in total. The zero-order valence-electron chi connectivity index (χ0n) is 13.5. The highest BCUT2D eigenvalue weighted by Crippen LogP contribution is 2.26. The van der Waals surface area contributed by atoms with Crippen molar-refractivity contribution in [2.75, 3.05) is 11.9 Å². The molecule has 26 heavy (non-hydrogen) atoms. The Morgan fingerprint density at radius 1 is 1.19 bits per heavy atom. The number of hydrogen-bond acceptors (Lipinski definition) is 4. The van der Waals surface area contributed by atoms with Crippen LogP contribution in [-0.4, -0.2) is 28.7 Å². The number of aryl methyl sites for hydroxylation is 1. The SMILES string of the molecule is Cc1ccc(OCC(=O)NC(=S)Nc2c(I)cc(I)cc2C(=O)O)cc1. The molecular formula is C17H14I2N2O4S. The third-order valence-electron chi connectivity index (χ3n) is 3.17. The first-order valence-corrected chi connectivity index (χ1v) is 9.85. The standard InChI is InChI=1S/C17H14I2N2O4S/c1-9-2-4-11(5-3-9)25-8-14(22)20-17(26)21-15-12(16(23)24)6-10(18)7-13(15)19/h2-7H,8H2,1H3,(H,23,24)(H2,20,21,22,26). The van der Waals surface area contributed by atoms with Crippen LogP contribution in [0.1, 0.15) is 15.9 Å². The van der Waals surface area contributed by atoms with E-state index in [1.54, 1.807) is 18.2 Å². The van der Waals surface area contributed by atoms with E-state index in [1.807, 2.05) is 64.2 Å². The maximum absolute atomic E-state index is 12.0. The summed E-state index contributed by atoms with van der Waals surface area (Å²) >= 11 is 9.15. The van der Waals surface area contributed by atoms with Crippen LogP contribution in [0.25, 0.3) is 0 Å². The minimum Gasteiger partial charge on any atom is -0.484 e. The van der Waals surface area contributed by atoms with Crippen molar-refractivity contribution in [1.29, 1.82) is 0 Å². The Kier molecular flexibility index (Phi) is 7.58. The quantitative estimate of drug-likeness (QED) is 0.360. The summed E-state index contributed by atoms with van der Waals surface area (Å²) in [6.07, 6.45) is 0. The van der Waals surface area contributed by atoms with Crippen molar-refractivity contribution in [3.63, 3.8) is 0 Å². The number of halogens is 2. The Balaban J connectivity index is 1.97. The largest absolute Gasteiger partial charge is 0.484 e. The lowest BCUT2D eigenvalue weighted by Crippen LogP contribution is -2.37. The van der Waals surface area contributed by atoms with Crippen molar-refractivity contribution in [2.24, 2.45) is 0 Å². The van der Waals surface area contributed by atoms with Crippen LogP contribution in [-0.2, 0) is 4.79 Å². The zero-order valence-corrected chi connectivity index (χ0v) is 18.6. The molecule has 0 aromatic heterocycles. The van der Waals surface area contributed by atoms with Gasteiger partial charge in [0.25, 0.3) is 5.91 Å². The van der Waals surface area contributed by atoms with Crippen LogP contribution in [0.5, 0.6) is 5.75 Å². The molecule has 0 spiro atoms. The molecule has 0 fully saturated rings. The number of nitrogens with one attached hydrogen (secondary N) is 2. The molecule has 0 atom stereocenters. The number of carbonyl (C=O) groups excluding carboxylic acids is 1. The van der Waals surface area contributed by atoms with Crippen molar-refractivity contribution in [3.05, 3.63) is 54.7 Å². The fourth-order valence-corrected chi connectivity index (χ4v) is 4.16. The Hall–Kier alpha value is -1.47. The molecule has 136 valence electrons. The van der Waals surface area contributed by atoms with Crippen molar-refractivity contribution in [2.45, 2.75) is 6.92 Å². The third-order valence-corrected chi connectivity index (χ3v) is 4.85. The smallest absolute Gasteiger partial charge is 0.337 e. The first-order valence-electron chi connectivity index (χ1n) is 7.29. The van der Waals surface area contributed by atoms with Gasteiger partial charge in [-0.2, -0.15) is 0 Å². The fourth-order valence-electron chi connectivity index (χ4n) is 1.96. The highest BCUT2D eigenvalue weighted by atomic mass is 127. The number of aromatic carboxylic acids is 1. The lowest BCUT2D eigenvalue weighted by molar-refractivity contribution is -0.121. The molecular weight excluding hydrogens is 582 g/mol. The van der Waals surface area contributed by atoms with E-state index < -0.39 is 11.9 Å². The molecule has 0 heterocycles. The predicted octanol–water partition coefficient (Wildman–Crippen LogP) is 3.79. The summed E-state index contributed by atoms with van der Waals surface area (Å²) in [6.45, 7) is 1.75. The second-order valence-electron chi connectivity index (χ2n) is 5.22. The van der Waals surface area contributed by atoms with Gasteiger partial charge in [0.1, 0.15) is 5.75 Å². The second kappa shape index (κ2) is 9.46. The summed E-state index contributed by atoms with van der Waals surface area (Å²) in [5.74, 6) is -0.953. The summed E-state index contributed by atoms with van der Waals surface area (Å²) < 4.78 is 6.85. The van der Waals surface area contributed by atoms with E-state index in [-0.39, 0.29) is 17.3 Å². The van der Waals surface area contributed by atoms with Crippen LogP contribution in [0.2, 0.25) is 0 Å². The molecule has 9 heteroatoms. The van der Waals surface area contributed by atoms with Gasteiger partial charge in [-0.15, -0.1) is 0 Å². The number of amides is 1. The number of anilines is 1. The van der Waals surface area contributed by atoms with Crippen molar-refractivity contribution >= 4 is 80.1 Å². The van der Waals surface area contributed by atoms with Gasteiger partial charge in [0.2, 0.25) is 0 Å². The molecule has 2 aromatic carbocycles. The maximum atomic E-state index is 12.0. The minimum atomic E-state index is -1.08. The number of rotatable bonds is 5. The van der Waals surface area contributed by atoms with Crippen LogP contribution >= 0.6 is 57.4 Å². The number of carbonyl (C=O) groups is 2. The van der Waals surface area contributed by atoms with Gasteiger partial charge in [-0.05, 0) is 88.6 Å². The average molecular weight is 596 g/mol. The molecule has 0 aliphatic heterocycles. The van der Waals surface area contributed by atoms with Gasteiger partial charge in [0.05, 0.1) is 11.3 Å². The molecule has 2 rings (SSSR count). The van der Waals surface area contributed by atoms with Crippen LogP contribution in [0, 0.1) is 14.1 Å². The topological polar surface area (TPSA) is 87.7 Å². The van der Waals surface area contributed by atoms with Gasteiger partial charge in [-0.25, -0.2) is 4.79 Å². The average Bonchev–Trinajstić information content (AvgIpc) is 2.56. The summed E-state index contributed by atoms with van der Waals surface area (Å²) in [5, 5.41) is 14.6. The summed E-state index contributed by atoms with van der Waals surface area (Å²) in [4.78, 5) is 23.4. The highest BCUT2D eigenvalue weighted by Gasteiger charge is 2.16. The monoisotopic (exact) mass is 596 g/mol. The number of hydrogen-bond donors (Lipinski definition) is 3. The number of carboxylic acids is 1. The molecule has 0 unspecified atom stereocenters. The maximum Gasteiger partial charge on any atom is 0.337 e. The second-order valence-corrected chi connectivity index (χ2v) is 8.04. The zero-order chi connectivity index (χ0) is 19.3. The Bertz CT molecular complexity index is 857. The summed E-state index contributed by atoms with van der Waals surface area (Å²) in [5.41, 5.74) is 1.51. The molecule has 0 aliphatic rings. The normalized spacial score (nSPS) is 10.1. The van der Waals surface area contributed by atoms with Crippen LogP contribution in [0.4, 0.5) is 5.69 Å². The minimum absolute atomic E-state index is 0.00382. The highest BCUT2D eigenvalue weighted by molar-refractivity contribution is 14.1.